The van der Waals surface area contributed by atoms with E-state index in [9.17, 15) is 64.2 Å². The van der Waals surface area contributed by atoms with E-state index >= 15 is 0 Å². The van der Waals surface area contributed by atoms with Crippen LogP contribution in [0.4, 0.5) is 0 Å². The van der Waals surface area contributed by atoms with Gasteiger partial charge in [0.25, 0.3) is 0 Å². The Labute approximate surface area is 364 Å². The Hall–Kier alpha value is -3.83. The summed E-state index contributed by atoms with van der Waals surface area (Å²) in [5.74, 6) is -5.28. The molecule has 0 bridgehead atoms. The summed E-state index contributed by atoms with van der Waals surface area (Å²) in [4.78, 5) is 86.4. The van der Waals surface area contributed by atoms with Gasteiger partial charge in [-0.2, -0.15) is 0 Å². The first-order valence-electron chi connectivity index (χ1n) is 20.5. The number of aliphatic hydroxyl groups excluding tert-OH is 6. The third kappa shape index (κ3) is 21.1. The normalized spacial score (nSPS) is 26.2. The lowest BCUT2D eigenvalue weighted by Crippen LogP contribution is -2.68. The lowest BCUT2D eigenvalue weighted by Gasteiger charge is -2.42. The molecule has 2 heterocycles. The molecule has 25 nitrogen and oxygen atoms in total. The van der Waals surface area contributed by atoms with Gasteiger partial charge in [-0.15, -0.1) is 0 Å². The molecule has 11 N–H and O–H groups in total. The Morgan fingerprint density at radius 2 is 1.08 bits per heavy atom. The molecule has 2 fully saturated rings. The predicted molar refractivity (Wildman–Crippen MR) is 212 cm³/mol. The van der Waals surface area contributed by atoms with E-state index in [-0.39, 0.29) is 57.7 Å². The molecule has 0 radical (unpaired) electrons. The first-order valence-corrected chi connectivity index (χ1v) is 20.5. The molecule has 11 atom stereocenters. The first kappa shape index (κ1) is 55.3. The van der Waals surface area contributed by atoms with Crippen molar-refractivity contribution in [2.75, 3.05) is 85.8 Å². The topological polar surface area (TPSA) is 366 Å². The number of Topliss-reactive ketones (excluding diaryl/α,β-unsaturated/α-hetero) is 2. The average Bonchev–Trinajstić information content (AvgIpc) is 3.22. The minimum atomic E-state index is -1.68. The van der Waals surface area contributed by atoms with Crippen LogP contribution in [0.5, 0.6) is 0 Å². The number of amides is 5. The fourth-order valence-corrected chi connectivity index (χ4v) is 6.22. The number of rotatable bonds is 31. The van der Waals surface area contributed by atoms with Gasteiger partial charge in [0.15, 0.2) is 18.3 Å². The summed E-state index contributed by atoms with van der Waals surface area (Å²) in [6.45, 7) is 3.26. The van der Waals surface area contributed by atoms with Gasteiger partial charge in [-0.25, -0.2) is 0 Å². The van der Waals surface area contributed by atoms with Gasteiger partial charge in [-0.1, -0.05) is 0 Å². The second-order valence-electron chi connectivity index (χ2n) is 14.7. The Morgan fingerprint density at radius 1 is 0.571 bits per heavy atom. The highest BCUT2D eigenvalue weighted by Gasteiger charge is 2.47. The van der Waals surface area contributed by atoms with Crippen LogP contribution in [0.1, 0.15) is 46.5 Å². The van der Waals surface area contributed by atoms with Crippen LogP contribution in [0.3, 0.4) is 0 Å². The van der Waals surface area contributed by atoms with Crippen LogP contribution in [0, 0.1) is 5.92 Å². The van der Waals surface area contributed by atoms with Gasteiger partial charge in [0.2, 0.25) is 29.5 Å². The molecular formula is C38H65N5O20. The number of carbonyl (C=O) groups excluding carboxylic acids is 7. The van der Waals surface area contributed by atoms with Crippen LogP contribution in [0.25, 0.3) is 0 Å². The maximum Gasteiger partial charge on any atom is 0.224 e. The largest absolute Gasteiger partial charge is 0.394 e. The summed E-state index contributed by atoms with van der Waals surface area (Å²) in [5, 5.41) is 73.3. The quantitative estimate of drug-likeness (QED) is 0.0288. The van der Waals surface area contributed by atoms with Crippen molar-refractivity contribution in [1.29, 1.82) is 0 Å². The van der Waals surface area contributed by atoms with E-state index in [1.807, 2.05) is 0 Å². The molecule has 0 aliphatic carbocycles. The highest BCUT2D eigenvalue weighted by molar-refractivity contribution is 5.91. The van der Waals surface area contributed by atoms with E-state index < -0.39 is 129 Å². The Morgan fingerprint density at radius 3 is 1.63 bits per heavy atom. The summed E-state index contributed by atoms with van der Waals surface area (Å²) >= 11 is 0. The standard InChI is InChI=1S/C38H65N5O20/c1-21(46)4-8-57-12-14-59-10-6-39-28(50)5-9-58-13-15-60-11-7-40-36(56)24(17-29(51)43-37-30(41-22(2)47)34(54)32(52)26(18-44)62-37)16-25(49)20-61-38-31(42-23(3)48)35(55)33(53)27(19-45)63-38/h24,26-27,30-35,37-38,44-45,52-55H,4-20H2,1-3H3,(H,39,50)(H,40,56)(H,41,47)(H,42,48)(H,43,51)/t24-,26?,27?,30?,31?,32?,33?,34?,35?,37?,38?/m0/s1. The zero-order valence-corrected chi connectivity index (χ0v) is 35.8. The number of nitrogens with one attached hydrogen (secondary N) is 5. The number of hydrogen-bond donors (Lipinski definition) is 11. The van der Waals surface area contributed by atoms with Gasteiger partial charge in [0, 0.05) is 52.6 Å². The molecule has 362 valence electrons. The van der Waals surface area contributed by atoms with E-state index in [1.54, 1.807) is 0 Å². The van der Waals surface area contributed by atoms with Gasteiger partial charge in [0.1, 0.15) is 61.1 Å². The number of hydrogen-bond acceptors (Lipinski definition) is 20. The van der Waals surface area contributed by atoms with E-state index in [0.29, 0.717) is 32.8 Å². The lowest BCUT2D eigenvalue weighted by atomic mass is 9.94. The Kier molecular flexibility index (Phi) is 26.6. The van der Waals surface area contributed by atoms with Gasteiger partial charge in [-0.3, -0.25) is 33.6 Å². The summed E-state index contributed by atoms with van der Waals surface area (Å²) < 4.78 is 38.0. The van der Waals surface area contributed by atoms with Crippen LogP contribution < -0.4 is 26.6 Å². The number of carbonyl (C=O) groups is 7. The predicted octanol–water partition coefficient (Wildman–Crippen LogP) is -6.36. The van der Waals surface area contributed by atoms with Crippen molar-refractivity contribution >= 4 is 41.1 Å². The summed E-state index contributed by atoms with van der Waals surface area (Å²) in [7, 11) is 0. The second-order valence-corrected chi connectivity index (χ2v) is 14.7. The minimum absolute atomic E-state index is 0.0197. The van der Waals surface area contributed by atoms with Crippen LogP contribution in [0.2, 0.25) is 0 Å². The number of ether oxygens (including phenoxy) is 7. The first-order chi connectivity index (χ1) is 30.0. The molecule has 2 saturated heterocycles. The third-order valence-electron chi connectivity index (χ3n) is 9.47. The second kappa shape index (κ2) is 30.3. The summed E-state index contributed by atoms with van der Waals surface area (Å²) in [6.07, 6.45) is -13.1. The smallest absolute Gasteiger partial charge is 0.224 e. The Balaban J connectivity index is 1.91. The molecule has 0 aromatic heterocycles. The average molecular weight is 912 g/mol. The van der Waals surface area contributed by atoms with Crippen molar-refractivity contribution < 1.29 is 97.4 Å². The summed E-state index contributed by atoms with van der Waals surface area (Å²) in [5.41, 5.74) is 0. The van der Waals surface area contributed by atoms with Crippen LogP contribution in [0.15, 0.2) is 0 Å². The fraction of sp³-hybridized carbons (Fsp3) is 0.816. The van der Waals surface area contributed by atoms with Crippen molar-refractivity contribution in [1.82, 2.24) is 26.6 Å². The van der Waals surface area contributed by atoms with Crippen LogP contribution in [-0.4, -0.2) is 219 Å². The highest BCUT2D eigenvalue weighted by atomic mass is 16.7. The van der Waals surface area contributed by atoms with Crippen molar-refractivity contribution in [2.24, 2.45) is 5.92 Å². The molecule has 0 aromatic carbocycles. The maximum atomic E-state index is 13.4. The van der Waals surface area contributed by atoms with Crippen molar-refractivity contribution in [3.63, 3.8) is 0 Å². The zero-order chi connectivity index (χ0) is 46.9. The van der Waals surface area contributed by atoms with Crippen LogP contribution in [-0.2, 0) is 66.7 Å². The molecule has 0 aromatic rings. The summed E-state index contributed by atoms with van der Waals surface area (Å²) in [6, 6.07) is -2.73. The van der Waals surface area contributed by atoms with Crippen molar-refractivity contribution in [3.05, 3.63) is 0 Å². The molecule has 10 unspecified atom stereocenters. The number of aliphatic hydroxyl groups is 6. The lowest BCUT2D eigenvalue weighted by molar-refractivity contribution is -0.268. The molecule has 5 amide bonds. The van der Waals surface area contributed by atoms with E-state index in [4.69, 9.17) is 33.2 Å². The third-order valence-corrected chi connectivity index (χ3v) is 9.47. The molecule has 2 rings (SSSR count). The van der Waals surface area contributed by atoms with Crippen molar-refractivity contribution in [2.45, 2.75) is 108 Å². The van der Waals surface area contributed by atoms with Gasteiger partial charge in [-0.05, 0) is 6.92 Å². The molecule has 0 saturated carbocycles. The molecule has 63 heavy (non-hydrogen) atoms. The van der Waals surface area contributed by atoms with Gasteiger partial charge >= 0.3 is 0 Å². The fourth-order valence-electron chi connectivity index (χ4n) is 6.22. The van der Waals surface area contributed by atoms with E-state index in [0.717, 1.165) is 13.8 Å². The van der Waals surface area contributed by atoms with Gasteiger partial charge in [0.05, 0.1) is 72.0 Å². The molecular weight excluding hydrogens is 846 g/mol. The SMILES string of the molecule is CC(=O)CCOCCOCCNC(=O)CCOCCOCCNC(=O)[C@@H](CC(=O)COC1OC(CO)C(O)C(O)C1NC(C)=O)CC(=O)NC1OC(CO)C(O)C(O)C1NC(C)=O. The molecule has 2 aliphatic heterocycles. The van der Waals surface area contributed by atoms with Crippen molar-refractivity contribution in [3.8, 4) is 0 Å². The van der Waals surface area contributed by atoms with E-state index in [1.165, 1.54) is 6.92 Å². The van der Waals surface area contributed by atoms with Gasteiger partial charge < -0.3 is 90.4 Å². The Bertz CT molecular complexity index is 1440. The molecule has 25 heteroatoms. The monoisotopic (exact) mass is 911 g/mol. The number of ketones is 2. The highest BCUT2D eigenvalue weighted by Crippen LogP contribution is 2.24. The molecule has 0 spiro atoms. The minimum Gasteiger partial charge on any atom is -0.394 e. The van der Waals surface area contributed by atoms with Crippen LogP contribution >= 0.6 is 0 Å². The molecule has 2 aliphatic rings. The zero-order valence-electron chi connectivity index (χ0n) is 35.8. The maximum absolute atomic E-state index is 13.4. The van der Waals surface area contributed by atoms with E-state index in [2.05, 4.69) is 26.6 Å².